The van der Waals surface area contributed by atoms with Gasteiger partial charge in [0.2, 0.25) is 10.0 Å². The largest absolute Gasteiger partial charge is 0.307 e. The summed E-state index contributed by atoms with van der Waals surface area (Å²) in [6.45, 7) is 2.49. The highest BCUT2D eigenvalue weighted by Crippen LogP contribution is 2.20. The molecule has 2 rings (SSSR count). The maximum Gasteiger partial charge on any atom is 0.276 e. The first-order chi connectivity index (χ1) is 12.7. The smallest absolute Gasteiger partial charge is 0.276 e. The number of para-hydroxylation sites is 1. The van der Waals surface area contributed by atoms with Crippen molar-refractivity contribution in [2.45, 2.75) is 17.9 Å². The van der Waals surface area contributed by atoms with Crippen LogP contribution in [-0.2, 0) is 10.0 Å². The number of nitro groups is 1. The zero-order valence-electron chi connectivity index (χ0n) is 15.5. The lowest BCUT2D eigenvalue weighted by molar-refractivity contribution is -0.385. The third kappa shape index (κ3) is 5.22. The first kappa shape index (κ1) is 20.8. The van der Waals surface area contributed by atoms with E-state index in [4.69, 9.17) is 0 Å². The minimum Gasteiger partial charge on any atom is -0.307 e. The molecule has 1 N–H and O–H groups in total. The molecule has 8 heteroatoms. The van der Waals surface area contributed by atoms with Crippen molar-refractivity contribution in [1.82, 2.24) is 9.62 Å². The Hall–Kier alpha value is -2.55. The van der Waals surface area contributed by atoms with Crippen LogP contribution >= 0.6 is 0 Å². The van der Waals surface area contributed by atoms with Crippen LogP contribution in [0.25, 0.3) is 6.08 Å². The van der Waals surface area contributed by atoms with E-state index in [0.717, 1.165) is 5.56 Å². The summed E-state index contributed by atoms with van der Waals surface area (Å²) in [6, 6.07) is 13.3. The number of hydrogen-bond acceptors (Lipinski definition) is 5. The predicted octanol–water partition coefficient (Wildman–Crippen LogP) is 3.21. The quantitative estimate of drug-likeness (QED) is 0.553. The van der Waals surface area contributed by atoms with Crippen molar-refractivity contribution < 1.29 is 13.3 Å². The van der Waals surface area contributed by atoms with Crippen LogP contribution in [0.2, 0.25) is 0 Å². The molecule has 0 aliphatic rings. The Morgan fingerprint density at radius 2 is 1.78 bits per heavy atom. The van der Waals surface area contributed by atoms with Crippen LogP contribution in [0.3, 0.4) is 0 Å². The second-order valence-corrected chi connectivity index (χ2v) is 8.36. The third-order valence-electron chi connectivity index (χ3n) is 4.13. The van der Waals surface area contributed by atoms with Crippen LogP contribution in [0.4, 0.5) is 5.69 Å². The summed E-state index contributed by atoms with van der Waals surface area (Å²) < 4.78 is 25.4. The number of nitrogens with one attached hydrogen (secondary N) is 1. The average Bonchev–Trinajstić information content (AvgIpc) is 2.65. The summed E-state index contributed by atoms with van der Waals surface area (Å²) >= 11 is 0. The van der Waals surface area contributed by atoms with Crippen LogP contribution in [0.5, 0.6) is 0 Å². The van der Waals surface area contributed by atoms with Crippen LogP contribution in [0, 0.1) is 10.1 Å². The highest BCUT2D eigenvalue weighted by atomic mass is 32.2. The lowest BCUT2D eigenvalue weighted by Crippen LogP contribution is -2.22. The van der Waals surface area contributed by atoms with E-state index >= 15 is 0 Å². The molecule has 2 aromatic carbocycles. The summed E-state index contributed by atoms with van der Waals surface area (Å²) in [5.74, 6) is 0. The van der Waals surface area contributed by atoms with Crippen LogP contribution in [0.1, 0.15) is 24.1 Å². The van der Waals surface area contributed by atoms with Crippen molar-refractivity contribution in [2.24, 2.45) is 0 Å². The van der Waals surface area contributed by atoms with Crippen LogP contribution in [-0.4, -0.2) is 38.3 Å². The zero-order chi connectivity index (χ0) is 20.0. The van der Waals surface area contributed by atoms with Gasteiger partial charge in [-0.1, -0.05) is 36.4 Å². The van der Waals surface area contributed by atoms with Gasteiger partial charge in [-0.25, -0.2) is 12.7 Å². The number of sulfonamides is 1. The van der Waals surface area contributed by atoms with E-state index in [1.54, 1.807) is 48.5 Å². The maximum atomic E-state index is 12.1. The maximum absolute atomic E-state index is 12.1. The molecule has 7 nitrogen and oxygen atoms in total. The van der Waals surface area contributed by atoms with E-state index in [9.17, 15) is 18.5 Å². The molecule has 0 aliphatic carbocycles. The average molecular weight is 389 g/mol. The SMILES string of the molecule is CC(NC/C=C/c1ccccc1[N+](=O)[O-])c1ccc(S(=O)(=O)N(C)C)cc1. The van der Waals surface area contributed by atoms with E-state index in [-0.39, 0.29) is 16.6 Å². The van der Waals surface area contributed by atoms with E-state index in [1.807, 2.05) is 13.0 Å². The lowest BCUT2D eigenvalue weighted by Gasteiger charge is -2.15. The molecule has 0 spiro atoms. The minimum absolute atomic E-state index is 0.00322. The van der Waals surface area contributed by atoms with Gasteiger partial charge in [0.15, 0.2) is 0 Å². The van der Waals surface area contributed by atoms with Crippen molar-refractivity contribution >= 4 is 21.8 Å². The lowest BCUT2D eigenvalue weighted by atomic mass is 10.1. The number of hydrogen-bond donors (Lipinski definition) is 1. The Morgan fingerprint density at radius 3 is 2.37 bits per heavy atom. The van der Waals surface area contributed by atoms with Crippen molar-refractivity contribution in [3.05, 3.63) is 75.8 Å². The number of rotatable bonds is 8. The second-order valence-electron chi connectivity index (χ2n) is 6.20. The molecule has 2 aromatic rings. The topological polar surface area (TPSA) is 92.5 Å². The Morgan fingerprint density at radius 1 is 1.15 bits per heavy atom. The number of nitrogens with zero attached hydrogens (tertiary/aromatic N) is 2. The molecule has 0 fully saturated rings. The highest BCUT2D eigenvalue weighted by molar-refractivity contribution is 7.89. The fourth-order valence-electron chi connectivity index (χ4n) is 2.48. The van der Waals surface area contributed by atoms with Crippen molar-refractivity contribution in [3.63, 3.8) is 0 Å². The van der Waals surface area contributed by atoms with E-state index in [2.05, 4.69) is 5.32 Å². The molecule has 0 aliphatic heterocycles. The summed E-state index contributed by atoms with van der Waals surface area (Å²) in [4.78, 5) is 10.8. The first-order valence-corrected chi connectivity index (χ1v) is 9.83. The third-order valence-corrected chi connectivity index (χ3v) is 5.96. The van der Waals surface area contributed by atoms with Crippen LogP contribution < -0.4 is 5.32 Å². The van der Waals surface area contributed by atoms with E-state index in [0.29, 0.717) is 12.1 Å². The Bertz CT molecular complexity index is 922. The molecular formula is C19H23N3O4S. The van der Waals surface area contributed by atoms with Gasteiger partial charge in [0.1, 0.15) is 0 Å². The highest BCUT2D eigenvalue weighted by Gasteiger charge is 2.17. The Balaban J connectivity index is 1.98. The van der Waals surface area contributed by atoms with Gasteiger partial charge in [0, 0.05) is 32.7 Å². The van der Waals surface area contributed by atoms with E-state index in [1.165, 1.54) is 24.5 Å². The van der Waals surface area contributed by atoms with E-state index < -0.39 is 14.9 Å². The molecule has 144 valence electrons. The van der Waals surface area contributed by atoms with Gasteiger partial charge in [-0.15, -0.1) is 0 Å². The second kappa shape index (κ2) is 8.90. The zero-order valence-corrected chi connectivity index (χ0v) is 16.3. The molecule has 0 saturated heterocycles. The summed E-state index contributed by atoms with van der Waals surface area (Å²) in [6.07, 6.45) is 3.54. The van der Waals surface area contributed by atoms with Gasteiger partial charge < -0.3 is 5.32 Å². The molecule has 1 atom stereocenters. The molecule has 0 heterocycles. The standard InChI is InChI=1S/C19H23N3O4S/c1-15(16-10-12-18(13-11-16)27(25,26)21(2)3)20-14-6-8-17-7-4-5-9-19(17)22(23)24/h4-13,15,20H,14H2,1-3H3/b8-6+. The molecule has 0 radical (unpaired) electrons. The fraction of sp³-hybridized carbons (Fsp3) is 0.263. The molecule has 0 saturated carbocycles. The summed E-state index contributed by atoms with van der Waals surface area (Å²) in [5.41, 5.74) is 1.57. The van der Waals surface area contributed by atoms with Gasteiger partial charge in [-0.05, 0) is 30.7 Å². The normalized spacial score (nSPS) is 13.2. The van der Waals surface area contributed by atoms with Crippen LogP contribution in [0.15, 0.2) is 59.5 Å². The van der Waals surface area contributed by atoms with Gasteiger partial charge in [-0.3, -0.25) is 10.1 Å². The monoisotopic (exact) mass is 389 g/mol. The minimum atomic E-state index is -3.44. The molecule has 1 unspecified atom stereocenters. The summed E-state index contributed by atoms with van der Waals surface area (Å²) in [7, 11) is -0.442. The number of nitro benzene ring substituents is 1. The van der Waals surface area contributed by atoms with Gasteiger partial charge >= 0.3 is 0 Å². The Kier molecular flexibility index (Phi) is 6.84. The molecular weight excluding hydrogens is 366 g/mol. The Labute approximate surface area is 159 Å². The predicted molar refractivity (Wildman–Crippen MR) is 106 cm³/mol. The van der Waals surface area contributed by atoms with Crippen molar-refractivity contribution in [1.29, 1.82) is 0 Å². The van der Waals surface area contributed by atoms with Gasteiger partial charge in [0.05, 0.1) is 15.4 Å². The van der Waals surface area contributed by atoms with Crippen molar-refractivity contribution in [3.8, 4) is 0 Å². The molecule has 0 bridgehead atoms. The molecule has 0 aromatic heterocycles. The fourth-order valence-corrected chi connectivity index (χ4v) is 3.38. The van der Waals surface area contributed by atoms with Gasteiger partial charge in [0.25, 0.3) is 5.69 Å². The first-order valence-electron chi connectivity index (χ1n) is 8.39. The van der Waals surface area contributed by atoms with Gasteiger partial charge in [-0.2, -0.15) is 0 Å². The summed E-state index contributed by atoms with van der Waals surface area (Å²) in [5, 5.41) is 14.3. The molecule has 0 amide bonds. The molecule has 27 heavy (non-hydrogen) atoms. The number of benzene rings is 2. The van der Waals surface area contributed by atoms with Crippen molar-refractivity contribution in [2.75, 3.05) is 20.6 Å².